The van der Waals surface area contributed by atoms with Crippen LogP contribution in [0.2, 0.25) is 5.02 Å². The summed E-state index contributed by atoms with van der Waals surface area (Å²) in [5, 5.41) is 32.0. The van der Waals surface area contributed by atoms with Crippen molar-refractivity contribution in [3.05, 3.63) is 76.9 Å². The van der Waals surface area contributed by atoms with Crippen molar-refractivity contribution in [2.75, 3.05) is 0 Å². The summed E-state index contributed by atoms with van der Waals surface area (Å²) in [7, 11) is 0. The SMILES string of the molecule is C[C@]12C=CC(=O)C=C1CC[C@H]1[C@@H]3CC[C@](OC(=O)c4ccc(Sc5ccc(O)c(Cl)c5)cc4)(C(=O)O)[C@@]3(C)C[C@H](O)[C@@]12F. The quantitative estimate of drug-likeness (QED) is 0.320. The van der Waals surface area contributed by atoms with E-state index in [4.69, 9.17) is 16.3 Å². The van der Waals surface area contributed by atoms with Gasteiger partial charge in [0.1, 0.15) is 5.75 Å². The van der Waals surface area contributed by atoms with E-state index in [1.54, 1.807) is 56.3 Å². The zero-order chi connectivity index (χ0) is 30.9. The van der Waals surface area contributed by atoms with E-state index in [2.05, 4.69) is 0 Å². The minimum absolute atomic E-state index is 0.00216. The van der Waals surface area contributed by atoms with E-state index in [1.807, 2.05) is 0 Å². The summed E-state index contributed by atoms with van der Waals surface area (Å²) in [5.41, 5.74) is -5.68. The number of rotatable bonds is 5. The Labute approximate surface area is 257 Å². The van der Waals surface area contributed by atoms with Crippen LogP contribution in [0.5, 0.6) is 5.75 Å². The maximum atomic E-state index is 17.4. The lowest BCUT2D eigenvalue weighted by Gasteiger charge is -2.62. The average molecular weight is 627 g/mol. The van der Waals surface area contributed by atoms with Crippen molar-refractivity contribution in [1.82, 2.24) is 0 Å². The molecule has 0 aliphatic heterocycles. The van der Waals surface area contributed by atoms with E-state index >= 15 is 4.39 Å². The van der Waals surface area contributed by atoms with Gasteiger partial charge in [0.25, 0.3) is 0 Å². The number of carbonyl (C=O) groups excluding carboxylic acids is 2. The molecule has 0 aromatic heterocycles. The number of hydrogen-bond acceptors (Lipinski definition) is 7. The molecule has 6 rings (SSSR count). The summed E-state index contributed by atoms with van der Waals surface area (Å²) >= 11 is 7.36. The Hall–Kier alpha value is -3.14. The minimum Gasteiger partial charge on any atom is -0.506 e. The molecular weight excluding hydrogens is 595 g/mol. The van der Waals surface area contributed by atoms with Crippen LogP contribution in [0.25, 0.3) is 0 Å². The normalized spacial score (nSPS) is 36.3. The molecule has 43 heavy (non-hydrogen) atoms. The summed E-state index contributed by atoms with van der Waals surface area (Å²) in [6.45, 7) is 3.41. The summed E-state index contributed by atoms with van der Waals surface area (Å²) in [6, 6.07) is 11.3. The van der Waals surface area contributed by atoms with E-state index in [0.29, 0.717) is 24.8 Å². The molecule has 0 saturated heterocycles. The molecule has 0 spiro atoms. The maximum absolute atomic E-state index is 17.4. The van der Waals surface area contributed by atoms with Crippen LogP contribution < -0.4 is 0 Å². The molecule has 10 heteroatoms. The number of aliphatic carboxylic acids is 1. The number of carboxylic acid groups (broad SMARTS) is 1. The third-order valence-corrected chi connectivity index (χ3v) is 11.9. The molecule has 7 atom stereocenters. The number of aromatic hydroxyl groups is 1. The van der Waals surface area contributed by atoms with E-state index < -0.39 is 52.0 Å². The van der Waals surface area contributed by atoms with Gasteiger partial charge in [-0.3, -0.25) is 4.79 Å². The van der Waals surface area contributed by atoms with Crippen molar-refractivity contribution >= 4 is 41.1 Å². The number of benzene rings is 2. The van der Waals surface area contributed by atoms with Gasteiger partial charge in [-0.05, 0) is 99.6 Å². The molecule has 0 radical (unpaired) electrons. The largest absolute Gasteiger partial charge is 0.506 e. The number of ether oxygens (including phenoxy) is 1. The van der Waals surface area contributed by atoms with Crippen LogP contribution in [0, 0.1) is 22.7 Å². The van der Waals surface area contributed by atoms with Crippen LogP contribution in [-0.2, 0) is 14.3 Å². The third-order valence-electron chi connectivity index (χ3n) is 10.6. The first kappa shape index (κ1) is 29.9. The Kier molecular flexibility index (Phi) is 7.10. The fraction of sp³-hybridized carbons (Fsp3) is 0.424. The van der Waals surface area contributed by atoms with E-state index in [0.717, 1.165) is 9.79 Å². The highest BCUT2D eigenvalue weighted by Crippen LogP contribution is 2.70. The Bertz CT molecular complexity index is 1590. The number of phenols is 1. The van der Waals surface area contributed by atoms with Crippen molar-refractivity contribution < 1.29 is 38.8 Å². The second-order valence-electron chi connectivity index (χ2n) is 12.6. The van der Waals surface area contributed by atoms with Crippen molar-refractivity contribution in [2.45, 2.75) is 73.1 Å². The smallest absolute Gasteiger partial charge is 0.348 e. The lowest BCUT2D eigenvalue weighted by Crippen LogP contribution is -2.69. The molecule has 226 valence electrons. The minimum atomic E-state index is -2.10. The lowest BCUT2D eigenvalue weighted by atomic mass is 9.45. The van der Waals surface area contributed by atoms with Gasteiger partial charge in [0.05, 0.1) is 16.7 Å². The first-order chi connectivity index (χ1) is 20.2. The number of halogens is 2. The molecular formula is C33H32ClFO7S. The molecule has 3 N–H and O–H groups in total. The van der Waals surface area contributed by atoms with Gasteiger partial charge in [0.15, 0.2) is 11.5 Å². The number of aliphatic hydroxyl groups is 1. The van der Waals surface area contributed by atoms with Crippen molar-refractivity contribution in [1.29, 1.82) is 0 Å². The highest BCUT2D eigenvalue weighted by Gasteiger charge is 2.76. The molecule has 4 aliphatic carbocycles. The Balaban J connectivity index is 1.27. The predicted octanol–water partition coefficient (Wildman–Crippen LogP) is 6.55. The monoisotopic (exact) mass is 626 g/mol. The molecule has 3 fully saturated rings. The molecule has 0 bridgehead atoms. The average Bonchev–Trinajstić information content (AvgIpc) is 3.24. The van der Waals surface area contributed by atoms with Gasteiger partial charge in [0.2, 0.25) is 5.60 Å². The van der Waals surface area contributed by atoms with Gasteiger partial charge >= 0.3 is 11.9 Å². The Morgan fingerprint density at radius 2 is 1.77 bits per heavy atom. The standard InChI is InChI=1S/C33H32ClFO7S/c1-30-13-11-20(36)15-19(30)5-9-24-23-12-14-32(29(40)41,31(23,2)17-27(38)33(24,30)35)42-28(39)18-3-6-21(7-4-18)43-22-8-10-26(37)25(34)16-22/h3-4,6-8,10-11,13,15-16,23-24,27,37-38H,5,9,12,14,17H2,1-2H3,(H,40,41)/t23-,24-,27-,30-,31-,32-,33-/m0/s1. The van der Waals surface area contributed by atoms with Gasteiger partial charge in [-0.15, -0.1) is 0 Å². The molecule has 3 saturated carbocycles. The number of alkyl halides is 1. The number of carbonyl (C=O) groups is 3. The van der Waals surface area contributed by atoms with Crippen LogP contribution in [0.15, 0.2) is 76.1 Å². The van der Waals surface area contributed by atoms with Gasteiger partial charge in [-0.25, -0.2) is 14.0 Å². The summed E-state index contributed by atoms with van der Waals surface area (Å²) < 4.78 is 23.3. The summed E-state index contributed by atoms with van der Waals surface area (Å²) in [4.78, 5) is 40.1. The first-order valence-corrected chi connectivity index (χ1v) is 15.5. The van der Waals surface area contributed by atoms with Gasteiger partial charge in [0, 0.05) is 26.5 Å². The fourth-order valence-electron chi connectivity index (χ4n) is 8.32. The van der Waals surface area contributed by atoms with E-state index in [-0.39, 0.29) is 35.0 Å². The maximum Gasteiger partial charge on any atom is 0.348 e. The number of carboxylic acids is 1. The lowest BCUT2D eigenvalue weighted by molar-refractivity contribution is -0.222. The molecule has 2 aromatic carbocycles. The number of allylic oxidation sites excluding steroid dienone is 4. The molecule has 0 unspecified atom stereocenters. The van der Waals surface area contributed by atoms with Gasteiger partial charge in [-0.2, -0.15) is 0 Å². The predicted molar refractivity (Wildman–Crippen MR) is 158 cm³/mol. The van der Waals surface area contributed by atoms with E-state index in [9.17, 15) is 29.7 Å². The van der Waals surface area contributed by atoms with Crippen molar-refractivity contribution in [3.63, 3.8) is 0 Å². The second kappa shape index (κ2) is 10.2. The second-order valence-corrected chi connectivity index (χ2v) is 14.1. The number of esters is 1. The zero-order valence-corrected chi connectivity index (χ0v) is 25.3. The topological polar surface area (TPSA) is 121 Å². The Morgan fingerprint density at radius 3 is 2.44 bits per heavy atom. The number of fused-ring (bicyclic) bond motifs is 5. The highest BCUT2D eigenvalue weighted by molar-refractivity contribution is 7.99. The summed E-state index contributed by atoms with van der Waals surface area (Å²) in [6.07, 6.45) is 3.74. The van der Waals surface area contributed by atoms with Crippen LogP contribution in [0.1, 0.15) is 56.3 Å². The molecule has 4 aliphatic rings. The summed E-state index contributed by atoms with van der Waals surface area (Å²) in [5.74, 6) is -3.51. The highest BCUT2D eigenvalue weighted by atomic mass is 35.5. The number of phenolic OH excluding ortho intramolecular Hbond substituents is 1. The molecule has 2 aromatic rings. The number of hydrogen-bond donors (Lipinski definition) is 3. The molecule has 0 amide bonds. The zero-order valence-electron chi connectivity index (χ0n) is 23.7. The Morgan fingerprint density at radius 1 is 1.07 bits per heavy atom. The fourth-order valence-corrected chi connectivity index (χ4v) is 9.43. The number of aliphatic hydroxyl groups excluding tert-OH is 1. The third kappa shape index (κ3) is 4.30. The first-order valence-electron chi connectivity index (χ1n) is 14.3. The van der Waals surface area contributed by atoms with Crippen LogP contribution >= 0.6 is 23.4 Å². The molecule has 7 nitrogen and oxygen atoms in total. The van der Waals surface area contributed by atoms with Gasteiger partial charge in [-0.1, -0.05) is 41.9 Å². The van der Waals surface area contributed by atoms with E-state index in [1.165, 1.54) is 30.0 Å². The van der Waals surface area contributed by atoms with Crippen LogP contribution in [0.4, 0.5) is 4.39 Å². The number of ketones is 1. The van der Waals surface area contributed by atoms with Crippen LogP contribution in [0.3, 0.4) is 0 Å². The van der Waals surface area contributed by atoms with Crippen LogP contribution in [-0.4, -0.2) is 50.4 Å². The van der Waals surface area contributed by atoms with Crippen molar-refractivity contribution in [2.24, 2.45) is 22.7 Å². The van der Waals surface area contributed by atoms with Gasteiger partial charge < -0.3 is 20.1 Å². The molecule has 0 heterocycles. The van der Waals surface area contributed by atoms with Crippen molar-refractivity contribution in [3.8, 4) is 5.75 Å².